The Hall–Kier alpha value is -1.95. The predicted molar refractivity (Wildman–Crippen MR) is 61.4 cm³/mol. The average molecular weight is 235 g/mol. The number of anilines is 1. The number of carbonyl (C=O) groups is 1. The molecule has 82 valence electrons. The molecule has 0 aliphatic heterocycles. The molecule has 16 heavy (non-hydrogen) atoms. The van der Waals surface area contributed by atoms with E-state index in [1.807, 2.05) is 6.07 Å². The van der Waals surface area contributed by atoms with Crippen LogP contribution in [0.3, 0.4) is 0 Å². The minimum absolute atomic E-state index is 0.125. The van der Waals surface area contributed by atoms with E-state index in [1.165, 1.54) is 6.92 Å². The second kappa shape index (κ2) is 4.28. The fourth-order valence-electron chi connectivity index (χ4n) is 1.29. The Morgan fingerprint density at radius 1 is 1.56 bits per heavy atom. The maximum absolute atomic E-state index is 10.9. The second-order valence-corrected chi connectivity index (χ2v) is 3.55. The van der Waals surface area contributed by atoms with Gasteiger partial charge >= 0.3 is 0 Å². The van der Waals surface area contributed by atoms with Crippen molar-refractivity contribution in [1.82, 2.24) is 10.2 Å². The van der Waals surface area contributed by atoms with Crippen LogP contribution in [0.5, 0.6) is 0 Å². The maximum atomic E-state index is 10.9. The van der Waals surface area contributed by atoms with Crippen molar-refractivity contribution in [3.05, 3.63) is 29.1 Å². The van der Waals surface area contributed by atoms with Crippen LogP contribution in [0.1, 0.15) is 6.92 Å². The third kappa shape index (κ3) is 2.34. The SMILES string of the molecule is CC(=O)Nc1cccc(-c2n[nH]c(=S)o2)c1. The average Bonchev–Trinajstić information content (AvgIpc) is 2.64. The highest BCUT2D eigenvalue weighted by atomic mass is 32.1. The molecule has 1 heterocycles. The van der Waals surface area contributed by atoms with Crippen molar-refractivity contribution in [1.29, 1.82) is 0 Å². The first-order valence-corrected chi connectivity index (χ1v) is 4.99. The van der Waals surface area contributed by atoms with Crippen molar-refractivity contribution >= 4 is 23.8 Å². The van der Waals surface area contributed by atoms with E-state index in [0.29, 0.717) is 11.6 Å². The Balaban J connectivity index is 2.35. The number of rotatable bonds is 2. The van der Waals surface area contributed by atoms with Crippen LogP contribution >= 0.6 is 12.2 Å². The standard InChI is InChI=1S/C10H9N3O2S/c1-6(14)11-8-4-2-3-7(5-8)9-12-13-10(16)15-9/h2-5H,1H3,(H,11,14)(H,13,16). The minimum atomic E-state index is -0.125. The fourth-order valence-corrected chi connectivity index (χ4v) is 1.41. The molecule has 6 heteroatoms. The highest BCUT2D eigenvalue weighted by molar-refractivity contribution is 7.71. The van der Waals surface area contributed by atoms with E-state index in [4.69, 9.17) is 16.6 Å². The van der Waals surface area contributed by atoms with Gasteiger partial charge in [0.2, 0.25) is 11.8 Å². The summed E-state index contributed by atoms with van der Waals surface area (Å²) in [5, 5.41) is 9.11. The molecule has 2 rings (SSSR count). The molecule has 0 fully saturated rings. The molecule has 2 N–H and O–H groups in total. The number of aromatic nitrogens is 2. The number of hydrogen-bond donors (Lipinski definition) is 2. The number of nitrogens with one attached hydrogen (secondary N) is 2. The minimum Gasteiger partial charge on any atom is -0.409 e. The molecule has 1 amide bonds. The summed E-state index contributed by atoms with van der Waals surface area (Å²) in [6, 6.07) is 7.16. The number of hydrogen-bond acceptors (Lipinski definition) is 4. The van der Waals surface area contributed by atoms with E-state index in [1.54, 1.807) is 18.2 Å². The molecule has 0 bridgehead atoms. The van der Waals surface area contributed by atoms with Gasteiger partial charge in [-0.3, -0.25) is 4.79 Å². The zero-order valence-corrected chi connectivity index (χ0v) is 9.30. The lowest BCUT2D eigenvalue weighted by Crippen LogP contribution is -2.05. The van der Waals surface area contributed by atoms with E-state index in [-0.39, 0.29) is 10.7 Å². The molecule has 0 radical (unpaired) electrons. The van der Waals surface area contributed by atoms with Gasteiger partial charge in [0.05, 0.1) is 0 Å². The highest BCUT2D eigenvalue weighted by Gasteiger charge is 2.05. The van der Waals surface area contributed by atoms with Crippen LogP contribution < -0.4 is 5.32 Å². The van der Waals surface area contributed by atoms with Gasteiger partial charge in [0.25, 0.3) is 4.84 Å². The summed E-state index contributed by atoms with van der Waals surface area (Å²) >= 11 is 4.78. The van der Waals surface area contributed by atoms with Gasteiger partial charge in [-0.05, 0) is 30.4 Å². The van der Waals surface area contributed by atoms with E-state index >= 15 is 0 Å². The van der Waals surface area contributed by atoms with Crippen molar-refractivity contribution in [2.75, 3.05) is 5.32 Å². The van der Waals surface area contributed by atoms with Gasteiger partial charge in [-0.25, -0.2) is 5.10 Å². The number of H-pyrrole nitrogens is 1. The molecular formula is C10H9N3O2S. The van der Waals surface area contributed by atoms with Gasteiger partial charge in [0, 0.05) is 18.2 Å². The van der Waals surface area contributed by atoms with Gasteiger partial charge in [-0.2, -0.15) is 0 Å². The van der Waals surface area contributed by atoms with E-state index in [0.717, 1.165) is 5.56 Å². The number of carbonyl (C=O) groups excluding carboxylic acids is 1. The Kier molecular flexibility index (Phi) is 2.82. The molecule has 1 aromatic carbocycles. The predicted octanol–water partition coefficient (Wildman–Crippen LogP) is 2.36. The van der Waals surface area contributed by atoms with E-state index in [9.17, 15) is 4.79 Å². The summed E-state index contributed by atoms with van der Waals surface area (Å²) in [5.41, 5.74) is 1.44. The lowest BCUT2D eigenvalue weighted by Gasteiger charge is -2.02. The first-order chi connectivity index (χ1) is 7.65. The smallest absolute Gasteiger partial charge is 0.284 e. The summed E-state index contributed by atoms with van der Waals surface area (Å²) in [7, 11) is 0. The number of benzene rings is 1. The first kappa shape index (κ1) is 10.6. The Morgan fingerprint density at radius 2 is 2.38 bits per heavy atom. The van der Waals surface area contributed by atoms with Gasteiger partial charge in [-0.15, -0.1) is 5.10 Å². The molecule has 0 unspecified atom stereocenters. The molecule has 0 aliphatic carbocycles. The van der Waals surface area contributed by atoms with Gasteiger partial charge < -0.3 is 9.73 Å². The van der Waals surface area contributed by atoms with Gasteiger partial charge in [0.15, 0.2) is 0 Å². The van der Waals surface area contributed by atoms with Crippen LogP contribution in [0, 0.1) is 4.84 Å². The Labute approximate surface area is 96.5 Å². The second-order valence-electron chi connectivity index (χ2n) is 3.18. The van der Waals surface area contributed by atoms with Crippen LogP contribution in [0.15, 0.2) is 28.7 Å². The van der Waals surface area contributed by atoms with Crippen LogP contribution in [-0.4, -0.2) is 16.1 Å². The summed E-state index contributed by atoms with van der Waals surface area (Å²) in [5.74, 6) is 0.275. The number of nitrogens with zero attached hydrogens (tertiary/aromatic N) is 1. The molecule has 0 spiro atoms. The van der Waals surface area contributed by atoms with Gasteiger partial charge in [0.1, 0.15) is 0 Å². The summed E-state index contributed by atoms with van der Waals surface area (Å²) in [6.07, 6.45) is 0. The molecule has 0 aliphatic rings. The fraction of sp³-hybridized carbons (Fsp3) is 0.100. The quantitative estimate of drug-likeness (QED) is 0.784. The highest BCUT2D eigenvalue weighted by Crippen LogP contribution is 2.20. The Bertz CT molecular complexity index is 573. The lowest BCUT2D eigenvalue weighted by atomic mass is 10.2. The van der Waals surface area contributed by atoms with Crippen molar-refractivity contribution in [2.45, 2.75) is 6.92 Å². The van der Waals surface area contributed by atoms with E-state index in [2.05, 4.69) is 15.5 Å². The van der Waals surface area contributed by atoms with Crippen LogP contribution in [-0.2, 0) is 4.79 Å². The lowest BCUT2D eigenvalue weighted by molar-refractivity contribution is -0.114. The van der Waals surface area contributed by atoms with Gasteiger partial charge in [-0.1, -0.05) is 6.07 Å². The monoisotopic (exact) mass is 235 g/mol. The van der Waals surface area contributed by atoms with Crippen LogP contribution in [0.2, 0.25) is 0 Å². The third-order valence-electron chi connectivity index (χ3n) is 1.87. The summed E-state index contributed by atoms with van der Waals surface area (Å²) < 4.78 is 5.16. The van der Waals surface area contributed by atoms with Crippen molar-refractivity contribution in [3.63, 3.8) is 0 Å². The van der Waals surface area contributed by atoms with Crippen molar-refractivity contribution < 1.29 is 9.21 Å². The molecule has 0 saturated heterocycles. The van der Waals surface area contributed by atoms with Crippen molar-refractivity contribution in [3.8, 4) is 11.5 Å². The Morgan fingerprint density at radius 3 is 3.00 bits per heavy atom. The van der Waals surface area contributed by atoms with Crippen LogP contribution in [0.4, 0.5) is 5.69 Å². The normalized spacial score (nSPS) is 10.1. The van der Waals surface area contributed by atoms with Crippen LogP contribution in [0.25, 0.3) is 11.5 Å². The molecule has 5 nitrogen and oxygen atoms in total. The molecular weight excluding hydrogens is 226 g/mol. The first-order valence-electron chi connectivity index (χ1n) is 4.59. The molecule has 2 aromatic rings. The van der Waals surface area contributed by atoms with E-state index < -0.39 is 0 Å². The largest absolute Gasteiger partial charge is 0.409 e. The zero-order chi connectivity index (χ0) is 11.5. The zero-order valence-electron chi connectivity index (χ0n) is 8.48. The topological polar surface area (TPSA) is 70.9 Å². The summed E-state index contributed by atoms with van der Waals surface area (Å²) in [6.45, 7) is 1.45. The molecule has 0 saturated carbocycles. The summed E-state index contributed by atoms with van der Waals surface area (Å²) in [4.78, 5) is 11.1. The van der Waals surface area contributed by atoms with Crippen molar-refractivity contribution in [2.24, 2.45) is 0 Å². The number of aromatic amines is 1. The maximum Gasteiger partial charge on any atom is 0.284 e. The molecule has 0 atom stereocenters. The number of amides is 1. The third-order valence-corrected chi connectivity index (χ3v) is 2.04. The molecule has 1 aromatic heterocycles.